The second-order valence-corrected chi connectivity index (χ2v) is 5.18. The van der Waals surface area contributed by atoms with E-state index in [2.05, 4.69) is 5.32 Å². The highest BCUT2D eigenvalue weighted by Crippen LogP contribution is 2.22. The lowest BCUT2D eigenvalue weighted by molar-refractivity contribution is -0.385. The third kappa shape index (κ3) is 4.16. The number of nitro benzene ring substituents is 1. The predicted molar refractivity (Wildman–Crippen MR) is 72.9 cm³/mol. The van der Waals surface area contributed by atoms with Gasteiger partial charge in [-0.15, -0.1) is 0 Å². The number of hydrogen-bond acceptors (Lipinski definition) is 4. The van der Waals surface area contributed by atoms with Gasteiger partial charge in [-0.05, 0) is 31.4 Å². The van der Waals surface area contributed by atoms with Crippen LogP contribution in [0.25, 0.3) is 0 Å². The summed E-state index contributed by atoms with van der Waals surface area (Å²) in [5.74, 6) is -2.63. The lowest BCUT2D eigenvalue weighted by Crippen LogP contribution is -2.33. The van der Waals surface area contributed by atoms with E-state index in [9.17, 15) is 23.7 Å². The molecule has 110 valence electrons. The number of thioether (sulfide) groups is 1. The van der Waals surface area contributed by atoms with Gasteiger partial charge in [-0.3, -0.25) is 14.9 Å². The van der Waals surface area contributed by atoms with Crippen LogP contribution in [-0.4, -0.2) is 28.9 Å². The summed E-state index contributed by atoms with van der Waals surface area (Å²) in [4.78, 5) is 21.8. The molecule has 0 aliphatic heterocycles. The van der Waals surface area contributed by atoms with E-state index in [0.717, 1.165) is 5.75 Å². The number of carbonyl (C=O) groups excluding carboxylic acids is 1. The Morgan fingerprint density at radius 1 is 1.45 bits per heavy atom. The van der Waals surface area contributed by atoms with Gasteiger partial charge in [0.2, 0.25) is 0 Å². The standard InChI is InChI=1S/C12H14F2N2O3S/c1-7(3-4-20-2)15-12(17)8-5-9(13)10(14)6-11(8)16(18)19/h5-7H,3-4H2,1-2H3,(H,15,17). The molecule has 0 saturated heterocycles. The van der Waals surface area contributed by atoms with Crippen molar-refractivity contribution in [1.82, 2.24) is 5.32 Å². The van der Waals surface area contributed by atoms with E-state index in [-0.39, 0.29) is 6.04 Å². The van der Waals surface area contributed by atoms with Gasteiger partial charge in [-0.25, -0.2) is 8.78 Å². The average molecular weight is 304 g/mol. The zero-order valence-corrected chi connectivity index (χ0v) is 11.8. The first-order chi connectivity index (χ1) is 9.36. The van der Waals surface area contributed by atoms with Crippen molar-refractivity contribution < 1.29 is 18.5 Å². The summed E-state index contributed by atoms with van der Waals surface area (Å²) in [5.41, 5.74) is -1.23. The van der Waals surface area contributed by atoms with E-state index < -0.39 is 33.7 Å². The summed E-state index contributed by atoms with van der Waals surface area (Å²) < 4.78 is 26.1. The van der Waals surface area contributed by atoms with Crippen molar-refractivity contribution in [1.29, 1.82) is 0 Å². The van der Waals surface area contributed by atoms with Crippen LogP contribution in [0.2, 0.25) is 0 Å². The molecule has 0 aliphatic carbocycles. The topological polar surface area (TPSA) is 72.2 Å². The number of hydrogen-bond donors (Lipinski definition) is 1. The summed E-state index contributed by atoms with van der Waals surface area (Å²) in [5, 5.41) is 13.3. The third-order valence-electron chi connectivity index (χ3n) is 2.61. The quantitative estimate of drug-likeness (QED) is 0.648. The molecular weight excluding hydrogens is 290 g/mol. The largest absolute Gasteiger partial charge is 0.349 e. The molecule has 1 aromatic carbocycles. The summed E-state index contributed by atoms with van der Waals surface area (Å²) in [7, 11) is 0. The molecule has 0 heterocycles. The molecule has 1 atom stereocenters. The Morgan fingerprint density at radius 3 is 2.60 bits per heavy atom. The van der Waals surface area contributed by atoms with E-state index >= 15 is 0 Å². The molecule has 1 rings (SSSR count). The Balaban J connectivity index is 2.97. The lowest BCUT2D eigenvalue weighted by atomic mass is 10.1. The second kappa shape index (κ2) is 7.18. The lowest BCUT2D eigenvalue weighted by Gasteiger charge is -2.13. The minimum absolute atomic E-state index is 0.220. The summed E-state index contributed by atoms with van der Waals surface area (Å²) in [6.07, 6.45) is 2.58. The van der Waals surface area contributed by atoms with E-state index in [1.807, 2.05) is 6.26 Å². The van der Waals surface area contributed by atoms with E-state index in [0.29, 0.717) is 18.6 Å². The Bertz CT molecular complexity index is 526. The number of nitrogens with one attached hydrogen (secondary N) is 1. The highest BCUT2D eigenvalue weighted by molar-refractivity contribution is 7.98. The van der Waals surface area contributed by atoms with Gasteiger partial charge in [0.25, 0.3) is 11.6 Å². The molecule has 5 nitrogen and oxygen atoms in total. The number of nitro groups is 1. The minimum atomic E-state index is -1.36. The fraction of sp³-hybridized carbons (Fsp3) is 0.417. The van der Waals surface area contributed by atoms with Crippen molar-refractivity contribution in [2.45, 2.75) is 19.4 Å². The highest BCUT2D eigenvalue weighted by Gasteiger charge is 2.24. The minimum Gasteiger partial charge on any atom is -0.349 e. The molecule has 8 heteroatoms. The fourth-order valence-electron chi connectivity index (χ4n) is 1.54. The molecule has 1 aromatic rings. The van der Waals surface area contributed by atoms with Crippen LogP contribution in [0, 0.1) is 21.7 Å². The molecule has 0 aromatic heterocycles. The smallest absolute Gasteiger partial charge is 0.285 e. The summed E-state index contributed by atoms with van der Waals surface area (Å²) in [6, 6.07) is 0.739. The number of amides is 1. The van der Waals surface area contributed by atoms with Crippen molar-refractivity contribution in [3.63, 3.8) is 0 Å². The maximum atomic E-state index is 13.1. The molecule has 1 amide bonds. The van der Waals surface area contributed by atoms with Crippen LogP contribution in [-0.2, 0) is 0 Å². The van der Waals surface area contributed by atoms with E-state index in [4.69, 9.17) is 0 Å². The molecule has 1 unspecified atom stereocenters. The molecule has 0 saturated carbocycles. The molecule has 0 radical (unpaired) electrons. The predicted octanol–water partition coefficient (Wildman–Crippen LogP) is 2.74. The summed E-state index contributed by atoms with van der Waals surface area (Å²) in [6.45, 7) is 1.74. The van der Waals surface area contributed by atoms with Gasteiger partial charge < -0.3 is 5.32 Å². The molecule has 1 N–H and O–H groups in total. The van der Waals surface area contributed by atoms with Gasteiger partial charge in [-0.2, -0.15) is 11.8 Å². The SMILES string of the molecule is CSCCC(C)NC(=O)c1cc(F)c(F)cc1[N+](=O)[O-]. The molecule has 0 spiro atoms. The molecule has 20 heavy (non-hydrogen) atoms. The average Bonchev–Trinajstić information content (AvgIpc) is 2.38. The van der Waals surface area contributed by atoms with Crippen LogP contribution >= 0.6 is 11.8 Å². The Hall–Kier alpha value is -1.70. The van der Waals surface area contributed by atoms with Gasteiger partial charge in [0.05, 0.1) is 11.0 Å². The normalized spacial score (nSPS) is 12.0. The molecular formula is C12H14F2N2O3S. The van der Waals surface area contributed by atoms with Crippen LogP contribution in [0.4, 0.5) is 14.5 Å². The number of nitrogens with zero attached hydrogens (tertiary/aromatic N) is 1. The third-order valence-corrected chi connectivity index (χ3v) is 3.26. The Labute approximate surface area is 118 Å². The molecule has 0 aliphatic rings. The van der Waals surface area contributed by atoms with Gasteiger partial charge in [0.1, 0.15) is 5.56 Å². The number of benzene rings is 1. The first-order valence-electron chi connectivity index (χ1n) is 5.80. The van der Waals surface area contributed by atoms with Gasteiger partial charge >= 0.3 is 0 Å². The van der Waals surface area contributed by atoms with Crippen LogP contribution in [0.5, 0.6) is 0 Å². The first kappa shape index (κ1) is 16.4. The highest BCUT2D eigenvalue weighted by atomic mass is 32.2. The van der Waals surface area contributed by atoms with Crippen LogP contribution < -0.4 is 5.32 Å². The maximum Gasteiger partial charge on any atom is 0.285 e. The van der Waals surface area contributed by atoms with E-state index in [1.54, 1.807) is 18.7 Å². The Kier molecular flexibility index (Phi) is 5.87. The van der Waals surface area contributed by atoms with Crippen molar-refractivity contribution in [3.05, 3.63) is 39.4 Å². The van der Waals surface area contributed by atoms with Crippen LogP contribution in [0.3, 0.4) is 0 Å². The van der Waals surface area contributed by atoms with Crippen molar-refractivity contribution >= 4 is 23.4 Å². The van der Waals surface area contributed by atoms with Crippen molar-refractivity contribution in [2.75, 3.05) is 12.0 Å². The van der Waals surface area contributed by atoms with E-state index in [1.165, 1.54) is 0 Å². The van der Waals surface area contributed by atoms with Crippen LogP contribution in [0.15, 0.2) is 12.1 Å². The first-order valence-corrected chi connectivity index (χ1v) is 7.19. The van der Waals surface area contributed by atoms with Gasteiger partial charge in [0.15, 0.2) is 11.6 Å². The number of halogens is 2. The van der Waals surface area contributed by atoms with Crippen molar-refractivity contribution in [3.8, 4) is 0 Å². The maximum absolute atomic E-state index is 13.1. The molecule has 0 bridgehead atoms. The zero-order valence-electron chi connectivity index (χ0n) is 11.0. The number of carbonyl (C=O) groups is 1. The zero-order chi connectivity index (χ0) is 15.3. The Morgan fingerprint density at radius 2 is 2.05 bits per heavy atom. The van der Waals surface area contributed by atoms with Gasteiger partial charge in [-0.1, -0.05) is 0 Å². The monoisotopic (exact) mass is 304 g/mol. The second-order valence-electron chi connectivity index (χ2n) is 4.20. The van der Waals surface area contributed by atoms with Crippen molar-refractivity contribution in [2.24, 2.45) is 0 Å². The van der Waals surface area contributed by atoms with Crippen LogP contribution in [0.1, 0.15) is 23.7 Å². The fourth-order valence-corrected chi connectivity index (χ4v) is 2.13. The number of rotatable bonds is 6. The summed E-state index contributed by atoms with van der Waals surface area (Å²) >= 11 is 1.60. The molecule has 0 fully saturated rings. The van der Waals surface area contributed by atoms with Gasteiger partial charge in [0, 0.05) is 6.04 Å².